The summed E-state index contributed by atoms with van der Waals surface area (Å²) in [4.78, 5) is 12.7. The Bertz CT molecular complexity index is 796. The van der Waals surface area contributed by atoms with Crippen molar-refractivity contribution < 1.29 is 9.21 Å². The molecule has 2 nitrogen and oxygen atoms in total. The minimum absolute atomic E-state index is 0.127. The van der Waals surface area contributed by atoms with E-state index in [2.05, 4.69) is 6.07 Å². The van der Waals surface area contributed by atoms with Gasteiger partial charge >= 0.3 is 0 Å². The Morgan fingerprint density at radius 3 is 2.67 bits per heavy atom. The van der Waals surface area contributed by atoms with Gasteiger partial charge in [-0.05, 0) is 18.6 Å². The van der Waals surface area contributed by atoms with E-state index in [4.69, 9.17) is 4.42 Å². The standard InChI is InChI=1S/C19H18O2/c1-3-17-19(15-9-4-5-10-18(15)21-17)16(20)12-14-8-6-7-13(2)11-14/h4-11H,3,12H2,1-2H3. The van der Waals surface area contributed by atoms with Gasteiger partial charge in [-0.1, -0.05) is 55.0 Å². The van der Waals surface area contributed by atoms with E-state index in [-0.39, 0.29) is 5.78 Å². The lowest BCUT2D eigenvalue weighted by Crippen LogP contribution is -2.05. The zero-order valence-electron chi connectivity index (χ0n) is 12.3. The molecule has 106 valence electrons. The van der Waals surface area contributed by atoms with Crippen LogP contribution in [0.5, 0.6) is 0 Å². The van der Waals surface area contributed by atoms with E-state index in [1.807, 2.05) is 56.3 Å². The summed E-state index contributed by atoms with van der Waals surface area (Å²) in [5.74, 6) is 0.913. The number of benzene rings is 2. The lowest BCUT2D eigenvalue weighted by Gasteiger charge is -2.03. The molecule has 0 radical (unpaired) electrons. The molecule has 0 unspecified atom stereocenters. The van der Waals surface area contributed by atoms with Crippen LogP contribution in [-0.4, -0.2) is 5.78 Å². The topological polar surface area (TPSA) is 30.2 Å². The van der Waals surface area contributed by atoms with Crippen LogP contribution in [0.3, 0.4) is 0 Å². The maximum absolute atomic E-state index is 12.7. The highest BCUT2D eigenvalue weighted by molar-refractivity contribution is 6.09. The molecule has 3 rings (SSSR count). The molecule has 0 aliphatic rings. The summed E-state index contributed by atoms with van der Waals surface area (Å²) in [5, 5.41) is 0.923. The van der Waals surface area contributed by atoms with Gasteiger partial charge < -0.3 is 4.42 Å². The molecule has 0 saturated carbocycles. The Labute approximate surface area is 124 Å². The van der Waals surface area contributed by atoms with Gasteiger partial charge in [-0.2, -0.15) is 0 Å². The van der Waals surface area contributed by atoms with Crippen LogP contribution in [0.25, 0.3) is 11.0 Å². The van der Waals surface area contributed by atoms with E-state index in [0.717, 1.165) is 34.3 Å². The van der Waals surface area contributed by atoms with Crippen molar-refractivity contribution in [2.75, 3.05) is 0 Å². The molecule has 1 heterocycles. The average molecular weight is 278 g/mol. The zero-order chi connectivity index (χ0) is 14.8. The van der Waals surface area contributed by atoms with Crippen molar-refractivity contribution in [2.24, 2.45) is 0 Å². The number of carbonyl (C=O) groups excluding carboxylic acids is 1. The molecule has 0 amide bonds. The van der Waals surface area contributed by atoms with Gasteiger partial charge in [-0.25, -0.2) is 0 Å². The molecule has 0 N–H and O–H groups in total. The van der Waals surface area contributed by atoms with E-state index >= 15 is 0 Å². The van der Waals surface area contributed by atoms with E-state index in [1.54, 1.807) is 0 Å². The molecule has 0 saturated heterocycles. The first-order valence-electron chi connectivity index (χ1n) is 7.28. The molecule has 3 aromatic rings. The fraction of sp³-hybridized carbons (Fsp3) is 0.211. The Morgan fingerprint density at radius 2 is 1.90 bits per heavy atom. The zero-order valence-corrected chi connectivity index (χ0v) is 12.3. The summed E-state index contributed by atoms with van der Waals surface area (Å²) in [7, 11) is 0. The van der Waals surface area contributed by atoms with Crippen LogP contribution in [-0.2, 0) is 12.8 Å². The second kappa shape index (κ2) is 5.57. The number of carbonyl (C=O) groups is 1. The summed E-state index contributed by atoms with van der Waals surface area (Å²) in [5.41, 5.74) is 3.76. The number of hydrogen-bond donors (Lipinski definition) is 0. The molecule has 0 atom stereocenters. The molecule has 2 heteroatoms. The number of ketones is 1. The average Bonchev–Trinajstić information content (AvgIpc) is 2.85. The summed E-state index contributed by atoms with van der Waals surface area (Å²) in [6, 6.07) is 15.8. The predicted octanol–water partition coefficient (Wildman–Crippen LogP) is 4.73. The summed E-state index contributed by atoms with van der Waals surface area (Å²) >= 11 is 0. The van der Waals surface area contributed by atoms with E-state index in [9.17, 15) is 4.79 Å². The van der Waals surface area contributed by atoms with Crippen LogP contribution in [0.4, 0.5) is 0 Å². The molecule has 0 aliphatic carbocycles. The van der Waals surface area contributed by atoms with Crippen molar-refractivity contribution in [1.29, 1.82) is 0 Å². The van der Waals surface area contributed by atoms with Gasteiger partial charge in [0, 0.05) is 18.2 Å². The van der Waals surface area contributed by atoms with Gasteiger partial charge in [0.15, 0.2) is 5.78 Å². The van der Waals surface area contributed by atoms with Gasteiger partial charge in [0.1, 0.15) is 11.3 Å². The minimum Gasteiger partial charge on any atom is -0.460 e. The van der Waals surface area contributed by atoms with Crippen molar-refractivity contribution in [1.82, 2.24) is 0 Å². The largest absolute Gasteiger partial charge is 0.460 e. The molecule has 0 fully saturated rings. The molecule has 0 spiro atoms. The Kier molecular flexibility index (Phi) is 3.61. The van der Waals surface area contributed by atoms with Gasteiger partial charge in [-0.3, -0.25) is 4.79 Å². The first-order chi connectivity index (χ1) is 10.2. The van der Waals surface area contributed by atoms with Crippen LogP contribution in [0.1, 0.15) is 34.2 Å². The predicted molar refractivity (Wildman–Crippen MR) is 84.8 cm³/mol. The smallest absolute Gasteiger partial charge is 0.171 e. The SMILES string of the molecule is CCc1oc2ccccc2c1C(=O)Cc1cccc(C)c1. The van der Waals surface area contributed by atoms with E-state index in [1.165, 1.54) is 5.56 Å². The number of rotatable bonds is 4. The van der Waals surface area contributed by atoms with Gasteiger partial charge in [0.25, 0.3) is 0 Å². The third-order valence-corrected chi connectivity index (χ3v) is 3.72. The highest BCUT2D eigenvalue weighted by Crippen LogP contribution is 2.27. The summed E-state index contributed by atoms with van der Waals surface area (Å²) < 4.78 is 5.81. The van der Waals surface area contributed by atoms with Crippen LogP contribution in [0, 0.1) is 6.92 Å². The van der Waals surface area contributed by atoms with Gasteiger partial charge in [-0.15, -0.1) is 0 Å². The molecule has 1 aromatic heterocycles. The van der Waals surface area contributed by atoms with Crippen LogP contribution in [0.2, 0.25) is 0 Å². The number of hydrogen-bond acceptors (Lipinski definition) is 2. The van der Waals surface area contributed by atoms with Crippen molar-refractivity contribution in [2.45, 2.75) is 26.7 Å². The normalized spacial score (nSPS) is 11.0. The second-order valence-electron chi connectivity index (χ2n) is 5.34. The molecule has 0 bridgehead atoms. The number of Topliss-reactive ketones (excluding diaryl/α,β-unsaturated/α-hetero) is 1. The number of para-hydroxylation sites is 1. The third kappa shape index (κ3) is 2.62. The first-order valence-corrected chi connectivity index (χ1v) is 7.28. The highest BCUT2D eigenvalue weighted by Gasteiger charge is 2.19. The number of aryl methyl sites for hydroxylation is 2. The molecular formula is C19H18O2. The maximum atomic E-state index is 12.7. The fourth-order valence-electron chi connectivity index (χ4n) is 2.75. The van der Waals surface area contributed by atoms with Gasteiger partial charge in [0.2, 0.25) is 0 Å². The first kappa shape index (κ1) is 13.6. The molecule has 2 aromatic carbocycles. The van der Waals surface area contributed by atoms with Crippen molar-refractivity contribution in [3.63, 3.8) is 0 Å². The Balaban J connectivity index is 2.01. The third-order valence-electron chi connectivity index (χ3n) is 3.72. The molecule has 21 heavy (non-hydrogen) atoms. The summed E-state index contributed by atoms with van der Waals surface area (Å²) in [6.07, 6.45) is 1.14. The van der Waals surface area contributed by atoms with Crippen molar-refractivity contribution in [3.8, 4) is 0 Å². The van der Waals surface area contributed by atoms with Crippen LogP contribution < -0.4 is 0 Å². The van der Waals surface area contributed by atoms with E-state index in [0.29, 0.717) is 6.42 Å². The van der Waals surface area contributed by atoms with E-state index < -0.39 is 0 Å². The van der Waals surface area contributed by atoms with Gasteiger partial charge in [0.05, 0.1) is 5.56 Å². The molecule has 0 aliphatic heterocycles. The minimum atomic E-state index is 0.127. The van der Waals surface area contributed by atoms with Crippen LogP contribution in [0.15, 0.2) is 52.9 Å². The van der Waals surface area contributed by atoms with Crippen LogP contribution >= 0.6 is 0 Å². The molecular weight excluding hydrogens is 260 g/mol. The summed E-state index contributed by atoms with van der Waals surface area (Å²) in [6.45, 7) is 4.06. The number of furan rings is 1. The Hall–Kier alpha value is -2.35. The lowest BCUT2D eigenvalue weighted by molar-refractivity contribution is 0.0992. The number of fused-ring (bicyclic) bond motifs is 1. The fourth-order valence-corrected chi connectivity index (χ4v) is 2.75. The highest BCUT2D eigenvalue weighted by atomic mass is 16.3. The Morgan fingerprint density at radius 1 is 1.10 bits per heavy atom. The second-order valence-corrected chi connectivity index (χ2v) is 5.34. The monoisotopic (exact) mass is 278 g/mol. The lowest BCUT2D eigenvalue weighted by atomic mass is 9.98. The van der Waals surface area contributed by atoms with Crippen molar-refractivity contribution >= 4 is 16.8 Å². The quantitative estimate of drug-likeness (QED) is 0.646. The van der Waals surface area contributed by atoms with Crippen molar-refractivity contribution in [3.05, 3.63) is 71.0 Å². The maximum Gasteiger partial charge on any atom is 0.171 e.